The van der Waals surface area contributed by atoms with Gasteiger partial charge in [0.25, 0.3) is 0 Å². The normalized spacial score (nSPS) is 14.8. The number of carbonyl (C=O) groups is 2. The SMILES string of the molecule is CC(=O)N1CCc2nn(C(C)=O)c(I)c2C1. The molecule has 0 aromatic carbocycles. The predicted molar refractivity (Wildman–Crippen MR) is 66.0 cm³/mol. The molecule has 0 saturated carbocycles. The summed E-state index contributed by atoms with van der Waals surface area (Å²) in [6.45, 7) is 4.31. The Labute approximate surface area is 107 Å². The van der Waals surface area contributed by atoms with Crippen LogP contribution in [0.2, 0.25) is 0 Å². The van der Waals surface area contributed by atoms with Crippen molar-refractivity contribution in [2.24, 2.45) is 0 Å². The standard InChI is InChI=1S/C10H12IN3O2/c1-6(15)13-4-3-9-8(5-13)10(11)14(12-9)7(2)16/h3-5H2,1-2H3. The number of hydrogen-bond acceptors (Lipinski definition) is 3. The molecule has 2 heterocycles. The smallest absolute Gasteiger partial charge is 0.244 e. The Hall–Kier alpha value is -0.920. The van der Waals surface area contributed by atoms with E-state index in [1.54, 1.807) is 11.8 Å². The van der Waals surface area contributed by atoms with Crippen molar-refractivity contribution in [2.75, 3.05) is 6.54 Å². The minimum atomic E-state index is -0.0897. The van der Waals surface area contributed by atoms with E-state index >= 15 is 0 Å². The number of aromatic nitrogens is 2. The quantitative estimate of drug-likeness (QED) is 0.667. The predicted octanol–water partition coefficient (Wildman–Crippen LogP) is 1.05. The van der Waals surface area contributed by atoms with E-state index < -0.39 is 0 Å². The largest absolute Gasteiger partial charge is 0.338 e. The third-order valence-corrected chi connectivity index (χ3v) is 3.82. The molecule has 1 aliphatic rings. The van der Waals surface area contributed by atoms with Crippen LogP contribution in [0.4, 0.5) is 0 Å². The summed E-state index contributed by atoms with van der Waals surface area (Å²) < 4.78 is 2.24. The Balaban J connectivity index is 2.38. The number of carbonyl (C=O) groups excluding carboxylic acids is 2. The first-order chi connectivity index (χ1) is 7.50. The van der Waals surface area contributed by atoms with Gasteiger partial charge in [-0.1, -0.05) is 0 Å². The molecule has 6 heteroatoms. The summed E-state index contributed by atoms with van der Waals surface area (Å²) in [6, 6.07) is 0. The highest BCUT2D eigenvalue weighted by Gasteiger charge is 2.25. The molecule has 2 rings (SSSR count). The molecular formula is C10H12IN3O2. The molecule has 5 nitrogen and oxygen atoms in total. The van der Waals surface area contributed by atoms with Crippen LogP contribution < -0.4 is 0 Å². The van der Waals surface area contributed by atoms with Crippen LogP contribution in [-0.4, -0.2) is 33.0 Å². The van der Waals surface area contributed by atoms with E-state index in [2.05, 4.69) is 27.7 Å². The Morgan fingerprint density at radius 1 is 1.31 bits per heavy atom. The fourth-order valence-corrected chi connectivity index (χ4v) is 2.75. The van der Waals surface area contributed by atoms with Crippen LogP contribution in [0, 0.1) is 3.70 Å². The van der Waals surface area contributed by atoms with Gasteiger partial charge in [-0.25, -0.2) is 0 Å². The van der Waals surface area contributed by atoms with Gasteiger partial charge in [0.15, 0.2) is 0 Å². The summed E-state index contributed by atoms with van der Waals surface area (Å²) >= 11 is 2.11. The Bertz CT molecular complexity index is 467. The van der Waals surface area contributed by atoms with Gasteiger partial charge in [0.05, 0.1) is 12.2 Å². The molecule has 0 atom stereocenters. The van der Waals surface area contributed by atoms with Crippen molar-refractivity contribution in [3.63, 3.8) is 0 Å². The zero-order valence-corrected chi connectivity index (χ0v) is 11.3. The van der Waals surface area contributed by atoms with Gasteiger partial charge in [-0.15, -0.1) is 0 Å². The van der Waals surface area contributed by atoms with Crippen LogP contribution in [0.5, 0.6) is 0 Å². The Morgan fingerprint density at radius 3 is 2.56 bits per heavy atom. The molecule has 0 bridgehead atoms. The lowest BCUT2D eigenvalue weighted by atomic mass is 10.1. The second kappa shape index (κ2) is 4.15. The molecular weight excluding hydrogens is 321 g/mol. The Morgan fingerprint density at radius 2 is 2.00 bits per heavy atom. The molecule has 0 fully saturated rings. The highest BCUT2D eigenvalue weighted by atomic mass is 127. The molecule has 1 aromatic rings. The number of amides is 1. The van der Waals surface area contributed by atoms with Crippen molar-refractivity contribution in [3.8, 4) is 0 Å². The summed E-state index contributed by atoms with van der Waals surface area (Å²) in [4.78, 5) is 24.4. The summed E-state index contributed by atoms with van der Waals surface area (Å²) in [7, 11) is 0. The van der Waals surface area contributed by atoms with Crippen molar-refractivity contribution in [2.45, 2.75) is 26.8 Å². The molecule has 1 aliphatic heterocycles. The molecule has 86 valence electrons. The van der Waals surface area contributed by atoms with Crippen LogP contribution in [0.15, 0.2) is 0 Å². The van der Waals surface area contributed by atoms with Gasteiger partial charge >= 0.3 is 0 Å². The average molecular weight is 333 g/mol. The van der Waals surface area contributed by atoms with E-state index in [0.717, 1.165) is 21.4 Å². The van der Waals surface area contributed by atoms with Crippen molar-refractivity contribution in [3.05, 3.63) is 15.0 Å². The molecule has 0 saturated heterocycles. The van der Waals surface area contributed by atoms with Crippen molar-refractivity contribution in [1.29, 1.82) is 0 Å². The number of nitrogens with zero attached hydrogens (tertiary/aromatic N) is 3. The first-order valence-corrected chi connectivity index (χ1v) is 6.11. The molecule has 1 aromatic heterocycles. The van der Waals surface area contributed by atoms with Crippen LogP contribution >= 0.6 is 22.6 Å². The van der Waals surface area contributed by atoms with Gasteiger partial charge in [-0.2, -0.15) is 9.78 Å². The van der Waals surface area contributed by atoms with Crippen molar-refractivity contribution < 1.29 is 9.59 Å². The minimum absolute atomic E-state index is 0.0667. The van der Waals surface area contributed by atoms with Gasteiger partial charge < -0.3 is 4.90 Å². The summed E-state index contributed by atoms with van der Waals surface area (Å²) in [6.07, 6.45) is 0.727. The fourth-order valence-electron chi connectivity index (χ4n) is 1.82. The lowest BCUT2D eigenvalue weighted by Crippen LogP contribution is -2.34. The fraction of sp³-hybridized carbons (Fsp3) is 0.500. The first kappa shape index (κ1) is 11.6. The molecule has 0 aliphatic carbocycles. The third-order valence-electron chi connectivity index (χ3n) is 2.72. The minimum Gasteiger partial charge on any atom is -0.338 e. The lowest BCUT2D eigenvalue weighted by Gasteiger charge is -2.25. The van der Waals surface area contributed by atoms with E-state index in [1.165, 1.54) is 11.6 Å². The first-order valence-electron chi connectivity index (χ1n) is 5.03. The second-order valence-electron chi connectivity index (χ2n) is 3.84. The maximum absolute atomic E-state index is 11.3. The van der Waals surface area contributed by atoms with Gasteiger partial charge in [0.1, 0.15) is 3.70 Å². The lowest BCUT2D eigenvalue weighted by molar-refractivity contribution is -0.129. The molecule has 0 N–H and O–H groups in total. The maximum atomic E-state index is 11.3. The van der Waals surface area contributed by atoms with Crippen LogP contribution in [0.3, 0.4) is 0 Å². The second-order valence-corrected chi connectivity index (χ2v) is 4.86. The van der Waals surface area contributed by atoms with Gasteiger partial charge in [-0.3, -0.25) is 9.59 Å². The van der Waals surface area contributed by atoms with E-state index in [4.69, 9.17) is 0 Å². The zero-order valence-electron chi connectivity index (χ0n) is 9.16. The molecule has 16 heavy (non-hydrogen) atoms. The van der Waals surface area contributed by atoms with E-state index in [0.29, 0.717) is 13.1 Å². The van der Waals surface area contributed by atoms with Crippen LogP contribution in [0.1, 0.15) is 29.9 Å². The third kappa shape index (κ3) is 1.85. The van der Waals surface area contributed by atoms with E-state index in [1.807, 2.05) is 0 Å². The molecule has 1 amide bonds. The topological polar surface area (TPSA) is 55.2 Å². The van der Waals surface area contributed by atoms with Crippen LogP contribution in [0.25, 0.3) is 0 Å². The van der Waals surface area contributed by atoms with Gasteiger partial charge in [0, 0.05) is 32.4 Å². The zero-order chi connectivity index (χ0) is 11.9. The maximum Gasteiger partial charge on any atom is 0.244 e. The van der Waals surface area contributed by atoms with Crippen molar-refractivity contribution in [1.82, 2.24) is 14.7 Å². The van der Waals surface area contributed by atoms with Gasteiger partial charge in [-0.05, 0) is 22.6 Å². The number of halogens is 1. The summed E-state index contributed by atoms with van der Waals surface area (Å²) in [5, 5.41) is 4.27. The van der Waals surface area contributed by atoms with E-state index in [9.17, 15) is 9.59 Å². The summed E-state index contributed by atoms with van der Waals surface area (Å²) in [5.74, 6) is -0.0230. The molecule has 0 spiro atoms. The number of rotatable bonds is 0. The van der Waals surface area contributed by atoms with Gasteiger partial charge in [0.2, 0.25) is 11.8 Å². The summed E-state index contributed by atoms with van der Waals surface area (Å²) in [5.41, 5.74) is 1.95. The number of fused-ring (bicyclic) bond motifs is 1. The average Bonchev–Trinajstić information content (AvgIpc) is 2.56. The van der Waals surface area contributed by atoms with Crippen LogP contribution in [-0.2, 0) is 17.8 Å². The molecule has 0 unspecified atom stereocenters. The highest BCUT2D eigenvalue weighted by Crippen LogP contribution is 2.23. The highest BCUT2D eigenvalue weighted by molar-refractivity contribution is 14.1. The van der Waals surface area contributed by atoms with E-state index in [-0.39, 0.29) is 11.8 Å². The monoisotopic (exact) mass is 333 g/mol. The number of hydrogen-bond donors (Lipinski definition) is 0. The Kier molecular flexibility index (Phi) is 3.00. The molecule has 0 radical (unpaired) electrons. The van der Waals surface area contributed by atoms with Crippen molar-refractivity contribution >= 4 is 34.4 Å².